The largest absolute Gasteiger partial charge is 0.426 e. The summed E-state index contributed by atoms with van der Waals surface area (Å²) in [5, 5.41) is 12.4. The Morgan fingerprint density at radius 3 is 2.68 bits per heavy atom. The Balaban J connectivity index is 2.33. The summed E-state index contributed by atoms with van der Waals surface area (Å²) in [6, 6.07) is 13.3. The number of nitrogens with one attached hydrogen (secondary N) is 1. The molecule has 0 aromatic heterocycles. The number of carbonyl (C=O) groups is 2. The molecule has 1 amide bonds. The number of nitriles is 1. The van der Waals surface area contributed by atoms with Gasteiger partial charge in [-0.05, 0) is 42.5 Å². The van der Waals surface area contributed by atoms with E-state index in [1.807, 2.05) is 6.07 Å². The van der Waals surface area contributed by atoms with Crippen molar-refractivity contribution in [1.82, 2.24) is 0 Å². The molecule has 5 nitrogen and oxygen atoms in total. The summed E-state index contributed by atoms with van der Waals surface area (Å²) < 4.78 is 5.81. The van der Waals surface area contributed by atoms with Crippen molar-refractivity contribution < 1.29 is 14.3 Å². The highest BCUT2D eigenvalue weighted by atomic mass is 79.9. The molecule has 0 unspecified atom stereocenters. The van der Waals surface area contributed by atoms with Crippen LogP contribution in [-0.2, 0) is 9.59 Å². The van der Waals surface area contributed by atoms with Crippen LogP contribution in [0, 0.1) is 11.3 Å². The number of hydrogen-bond donors (Lipinski definition) is 1. The van der Waals surface area contributed by atoms with E-state index in [2.05, 4.69) is 21.2 Å². The fourth-order valence-electron chi connectivity index (χ4n) is 1.95. The minimum atomic E-state index is -0.599. The number of rotatable bonds is 4. The quantitative estimate of drug-likeness (QED) is 0.341. The maximum absolute atomic E-state index is 12.3. The predicted molar refractivity (Wildman–Crippen MR) is 99.1 cm³/mol. The Kier molecular flexibility index (Phi) is 6.34. The van der Waals surface area contributed by atoms with Gasteiger partial charge in [-0.1, -0.05) is 33.6 Å². The van der Waals surface area contributed by atoms with Gasteiger partial charge < -0.3 is 10.1 Å². The molecule has 2 aromatic carbocycles. The lowest BCUT2D eigenvalue weighted by Gasteiger charge is -2.08. The Morgan fingerprint density at radius 2 is 2.04 bits per heavy atom. The molecule has 0 aliphatic heterocycles. The zero-order valence-electron chi connectivity index (χ0n) is 13.0. The Hall–Kier alpha value is -2.62. The van der Waals surface area contributed by atoms with Crippen LogP contribution < -0.4 is 10.1 Å². The van der Waals surface area contributed by atoms with Gasteiger partial charge in [-0.15, -0.1) is 0 Å². The monoisotopic (exact) mass is 418 g/mol. The Bertz CT molecular complexity index is 903. The predicted octanol–water partition coefficient (Wildman–Crippen LogP) is 4.57. The van der Waals surface area contributed by atoms with Crippen LogP contribution in [0.25, 0.3) is 6.08 Å². The molecule has 0 aliphatic carbocycles. The maximum Gasteiger partial charge on any atom is 0.308 e. The van der Waals surface area contributed by atoms with Gasteiger partial charge in [-0.2, -0.15) is 5.26 Å². The molecule has 0 fully saturated rings. The summed E-state index contributed by atoms with van der Waals surface area (Å²) in [4.78, 5) is 23.5. The number of benzene rings is 2. The SMILES string of the molecule is CC(=O)Oc1ccc(Br)cc1/C=C(\C#N)C(=O)Nc1cccc(Cl)c1. The zero-order chi connectivity index (χ0) is 18.4. The van der Waals surface area contributed by atoms with Gasteiger partial charge >= 0.3 is 5.97 Å². The van der Waals surface area contributed by atoms with Crippen LogP contribution in [0.1, 0.15) is 12.5 Å². The summed E-state index contributed by atoms with van der Waals surface area (Å²) in [6.07, 6.45) is 1.35. The molecular weight excluding hydrogens is 408 g/mol. The van der Waals surface area contributed by atoms with E-state index in [-0.39, 0.29) is 11.3 Å². The molecule has 1 N–H and O–H groups in total. The standard InChI is InChI=1S/C18H12BrClN2O3/c1-11(23)25-17-6-5-14(19)8-12(17)7-13(10-21)18(24)22-16-4-2-3-15(20)9-16/h2-9H,1H3,(H,22,24)/b13-7+. The average molecular weight is 420 g/mol. The van der Waals surface area contributed by atoms with Crippen LogP contribution in [-0.4, -0.2) is 11.9 Å². The van der Waals surface area contributed by atoms with Gasteiger partial charge in [0.2, 0.25) is 0 Å². The third kappa shape index (κ3) is 5.45. The molecule has 0 bridgehead atoms. The average Bonchev–Trinajstić information content (AvgIpc) is 2.54. The Morgan fingerprint density at radius 1 is 1.28 bits per heavy atom. The maximum atomic E-state index is 12.3. The molecule has 0 radical (unpaired) electrons. The van der Waals surface area contributed by atoms with E-state index < -0.39 is 11.9 Å². The van der Waals surface area contributed by atoms with Gasteiger partial charge in [-0.25, -0.2) is 0 Å². The normalized spacial score (nSPS) is 10.7. The summed E-state index contributed by atoms with van der Waals surface area (Å²) >= 11 is 9.18. The first-order valence-corrected chi connectivity index (χ1v) is 8.23. The van der Waals surface area contributed by atoms with Crippen molar-refractivity contribution in [3.05, 3.63) is 63.1 Å². The van der Waals surface area contributed by atoms with Crippen molar-refractivity contribution in [3.8, 4) is 11.8 Å². The van der Waals surface area contributed by atoms with E-state index in [0.717, 1.165) is 0 Å². The van der Waals surface area contributed by atoms with E-state index in [1.54, 1.807) is 42.5 Å². The van der Waals surface area contributed by atoms with Crippen molar-refractivity contribution in [3.63, 3.8) is 0 Å². The summed E-state index contributed by atoms with van der Waals surface area (Å²) in [7, 11) is 0. The second-order valence-electron chi connectivity index (χ2n) is 4.91. The van der Waals surface area contributed by atoms with Crippen LogP contribution in [0.15, 0.2) is 52.5 Å². The summed E-state index contributed by atoms with van der Waals surface area (Å²) in [5.74, 6) is -0.851. The van der Waals surface area contributed by atoms with Crippen molar-refractivity contribution in [2.45, 2.75) is 6.92 Å². The second kappa shape index (κ2) is 8.47. The third-order valence-electron chi connectivity index (χ3n) is 2.97. The highest BCUT2D eigenvalue weighted by molar-refractivity contribution is 9.10. The molecule has 2 rings (SSSR count). The van der Waals surface area contributed by atoms with Gasteiger partial charge in [0.05, 0.1) is 0 Å². The van der Waals surface area contributed by atoms with Crippen LogP contribution in [0.3, 0.4) is 0 Å². The Labute approximate surface area is 158 Å². The molecule has 126 valence electrons. The number of hydrogen-bond acceptors (Lipinski definition) is 4. The molecule has 25 heavy (non-hydrogen) atoms. The van der Waals surface area contributed by atoms with Gasteiger partial charge in [0.15, 0.2) is 0 Å². The van der Waals surface area contributed by atoms with Gasteiger partial charge in [0, 0.05) is 27.7 Å². The number of halogens is 2. The van der Waals surface area contributed by atoms with E-state index >= 15 is 0 Å². The number of carbonyl (C=O) groups excluding carboxylic acids is 2. The number of amides is 1. The van der Waals surface area contributed by atoms with Crippen LogP contribution in [0.4, 0.5) is 5.69 Å². The summed E-state index contributed by atoms with van der Waals surface area (Å²) in [5.41, 5.74) is 0.738. The minimum absolute atomic E-state index is 0.147. The third-order valence-corrected chi connectivity index (χ3v) is 3.70. The molecular formula is C18H12BrClN2O3. The van der Waals surface area contributed by atoms with Crippen LogP contribution in [0.2, 0.25) is 5.02 Å². The van der Waals surface area contributed by atoms with E-state index in [0.29, 0.717) is 20.7 Å². The van der Waals surface area contributed by atoms with E-state index in [9.17, 15) is 14.9 Å². The van der Waals surface area contributed by atoms with E-state index in [1.165, 1.54) is 13.0 Å². The highest BCUT2D eigenvalue weighted by Gasteiger charge is 2.13. The lowest BCUT2D eigenvalue weighted by molar-refractivity contribution is -0.131. The van der Waals surface area contributed by atoms with Crippen molar-refractivity contribution in [2.24, 2.45) is 0 Å². The van der Waals surface area contributed by atoms with Crippen LogP contribution >= 0.6 is 27.5 Å². The first kappa shape index (κ1) is 18.7. The second-order valence-corrected chi connectivity index (χ2v) is 6.26. The lowest BCUT2D eigenvalue weighted by atomic mass is 10.1. The number of nitrogens with zero attached hydrogens (tertiary/aromatic N) is 1. The van der Waals surface area contributed by atoms with Crippen molar-refractivity contribution in [1.29, 1.82) is 5.26 Å². The number of anilines is 1. The van der Waals surface area contributed by atoms with E-state index in [4.69, 9.17) is 16.3 Å². The molecule has 0 saturated carbocycles. The van der Waals surface area contributed by atoms with Crippen molar-refractivity contribution >= 4 is 51.2 Å². The molecule has 2 aromatic rings. The summed E-state index contributed by atoms with van der Waals surface area (Å²) in [6.45, 7) is 1.27. The smallest absolute Gasteiger partial charge is 0.308 e. The molecule has 0 aliphatic rings. The zero-order valence-corrected chi connectivity index (χ0v) is 15.4. The van der Waals surface area contributed by atoms with Crippen LogP contribution in [0.5, 0.6) is 5.75 Å². The van der Waals surface area contributed by atoms with Crippen molar-refractivity contribution in [2.75, 3.05) is 5.32 Å². The van der Waals surface area contributed by atoms with Gasteiger partial charge in [0.1, 0.15) is 17.4 Å². The van der Waals surface area contributed by atoms with Gasteiger partial charge in [0.25, 0.3) is 5.91 Å². The molecule has 0 saturated heterocycles. The topological polar surface area (TPSA) is 79.2 Å². The first-order valence-electron chi connectivity index (χ1n) is 7.05. The fourth-order valence-corrected chi connectivity index (χ4v) is 2.52. The number of esters is 1. The minimum Gasteiger partial charge on any atom is -0.426 e. The molecule has 0 heterocycles. The van der Waals surface area contributed by atoms with Gasteiger partial charge in [-0.3, -0.25) is 9.59 Å². The number of ether oxygens (including phenoxy) is 1. The fraction of sp³-hybridized carbons (Fsp3) is 0.0556. The highest BCUT2D eigenvalue weighted by Crippen LogP contribution is 2.26. The molecule has 0 spiro atoms. The lowest BCUT2D eigenvalue weighted by Crippen LogP contribution is -2.13. The molecule has 0 atom stereocenters. The molecule has 7 heteroatoms. The first-order chi connectivity index (χ1) is 11.9.